The molecule has 1 heterocycles. The van der Waals surface area contributed by atoms with E-state index in [0.717, 1.165) is 5.56 Å². The number of hydrogen-bond donors (Lipinski definition) is 2. The van der Waals surface area contributed by atoms with Crippen LogP contribution in [-0.4, -0.2) is 53.8 Å². The molecule has 8 nitrogen and oxygen atoms in total. The molecule has 0 spiro atoms. The van der Waals surface area contributed by atoms with E-state index in [0.29, 0.717) is 37.5 Å². The Balaban J connectivity index is 1.33. The van der Waals surface area contributed by atoms with Crippen molar-refractivity contribution in [1.29, 1.82) is 0 Å². The highest BCUT2D eigenvalue weighted by molar-refractivity contribution is 5.96. The van der Waals surface area contributed by atoms with Crippen LogP contribution in [0.3, 0.4) is 0 Å². The number of ether oxygens (including phenoxy) is 1. The summed E-state index contributed by atoms with van der Waals surface area (Å²) in [4.78, 5) is 40.3. The van der Waals surface area contributed by atoms with E-state index >= 15 is 0 Å². The van der Waals surface area contributed by atoms with Crippen molar-refractivity contribution < 1.29 is 23.5 Å². The van der Waals surface area contributed by atoms with Gasteiger partial charge >= 0.3 is 6.03 Å². The van der Waals surface area contributed by atoms with E-state index in [-0.39, 0.29) is 23.8 Å². The zero-order valence-corrected chi connectivity index (χ0v) is 18.9. The summed E-state index contributed by atoms with van der Waals surface area (Å²) in [5, 5.41) is 2.57. The van der Waals surface area contributed by atoms with Crippen LogP contribution in [0.4, 0.5) is 14.9 Å². The summed E-state index contributed by atoms with van der Waals surface area (Å²) < 4.78 is 19.6. The molecule has 0 bridgehead atoms. The highest BCUT2D eigenvalue weighted by Gasteiger charge is 2.25. The van der Waals surface area contributed by atoms with Crippen LogP contribution in [0.15, 0.2) is 72.8 Å². The highest BCUT2D eigenvalue weighted by Crippen LogP contribution is 2.20. The van der Waals surface area contributed by atoms with E-state index in [1.165, 1.54) is 12.1 Å². The Morgan fingerprint density at radius 2 is 1.57 bits per heavy atom. The van der Waals surface area contributed by atoms with Crippen molar-refractivity contribution in [2.75, 3.05) is 31.5 Å². The normalized spacial score (nSPS) is 13.3. The Bertz CT molecular complexity index is 1240. The lowest BCUT2D eigenvalue weighted by atomic mass is 10.1. The van der Waals surface area contributed by atoms with Gasteiger partial charge in [0.25, 0.3) is 11.8 Å². The van der Waals surface area contributed by atoms with Gasteiger partial charge in [-0.25, -0.2) is 9.18 Å². The van der Waals surface area contributed by atoms with E-state index < -0.39 is 17.8 Å². The fraction of sp³-hybridized carbons (Fsp3) is 0.192. The first kappa shape index (κ1) is 23.7. The van der Waals surface area contributed by atoms with Crippen molar-refractivity contribution in [1.82, 2.24) is 9.80 Å². The van der Waals surface area contributed by atoms with Gasteiger partial charge in [0.2, 0.25) is 0 Å². The SMILES string of the molecule is NC(=O)c1ccccc1OCc1cccc(C(=O)N2CCN(C(=O)Nc3ccccc3F)CC2)c1. The standard InChI is InChI=1S/C26H25FN4O4/c27-21-9-2-3-10-22(21)29-26(34)31-14-12-30(13-15-31)25(33)19-7-5-6-18(16-19)17-35-23-11-4-1-8-20(23)24(28)32/h1-11,16H,12-15,17H2,(H2,28,32)(H,29,34). The molecule has 9 heteroatoms. The van der Waals surface area contributed by atoms with E-state index in [2.05, 4.69) is 5.32 Å². The quantitative estimate of drug-likeness (QED) is 0.568. The molecule has 0 unspecified atom stereocenters. The molecule has 1 saturated heterocycles. The van der Waals surface area contributed by atoms with Crippen molar-refractivity contribution >= 4 is 23.5 Å². The zero-order chi connectivity index (χ0) is 24.8. The molecule has 1 aliphatic rings. The van der Waals surface area contributed by atoms with Gasteiger partial charge in [0, 0.05) is 31.7 Å². The Labute approximate surface area is 202 Å². The largest absolute Gasteiger partial charge is 0.488 e. The Kier molecular flexibility index (Phi) is 7.25. The van der Waals surface area contributed by atoms with Crippen LogP contribution in [0.25, 0.3) is 0 Å². The van der Waals surface area contributed by atoms with E-state index in [1.807, 2.05) is 6.07 Å². The third-order valence-corrected chi connectivity index (χ3v) is 5.69. The minimum atomic E-state index is -0.578. The summed E-state index contributed by atoms with van der Waals surface area (Å²) in [6.45, 7) is 1.54. The highest BCUT2D eigenvalue weighted by atomic mass is 19.1. The lowest BCUT2D eigenvalue weighted by molar-refractivity contribution is 0.0671. The third-order valence-electron chi connectivity index (χ3n) is 5.69. The molecule has 0 radical (unpaired) electrons. The maximum Gasteiger partial charge on any atom is 0.322 e. The smallest absolute Gasteiger partial charge is 0.322 e. The first-order valence-electron chi connectivity index (χ1n) is 11.1. The predicted molar refractivity (Wildman–Crippen MR) is 129 cm³/mol. The van der Waals surface area contributed by atoms with Crippen LogP contribution < -0.4 is 15.8 Å². The summed E-state index contributed by atoms with van der Waals surface area (Å²) in [6, 6.07) is 19.3. The maximum absolute atomic E-state index is 13.8. The number of rotatable bonds is 6. The summed E-state index contributed by atoms with van der Waals surface area (Å²) in [5.41, 5.74) is 7.06. The summed E-state index contributed by atoms with van der Waals surface area (Å²) in [6.07, 6.45) is 0. The molecule has 4 amide bonds. The molecule has 35 heavy (non-hydrogen) atoms. The number of para-hydroxylation sites is 2. The number of halogens is 1. The molecule has 4 rings (SSSR count). The molecule has 3 aromatic rings. The fourth-order valence-electron chi connectivity index (χ4n) is 3.80. The van der Waals surface area contributed by atoms with Gasteiger partial charge in [-0.2, -0.15) is 0 Å². The molecule has 0 aromatic heterocycles. The number of nitrogens with two attached hydrogens (primary N) is 1. The number of amides is 4. The second kappa shape index (κ2) is 10.7. The minimum absolute atomic E-state index is 0.119. The number of hydrogen-bond acceptors (Lipinski definition) is 4. The number of carbonyl (C=O) groups is 3. The van der Waals surface area contributed by atoms with Gasteiger partial charge < -0.3 is 25.6 Å². The molecule has 1 aliphatic heterocycles. The van der Waals surface area contributed by atoms with Crippen LogP contribution in [0.5, 0.6) is 5.75 Å². The topological polar surface area (TPSA) is 105 Å². The van der Waals surface area contributed by atoms with Crippen molar-refractivity contribution in [2.45, 2.75) is 6.61 Å². The van der Waals surface area contributed by atoms with Gasteiger partial charge in [-0.05, 0) is 42.0 Å². The average Bonchev–Trinajstić information content (AvgIpc) is 2.88. The molecular formula is C26H25FN4O4. The number of nitrogens with one attached hydrogen (secondary N) is 1. The van der Waals surface area contributed by atoms with E-state index in [1.54, 1.807) is 64.4 Å². The fourth-order valence-corrected chi connectivity index (χ4v) is 3.80. The number of benzene rings is 3. The minimum Gasteiger partial charge on any atom is -0.488 e. The predicted octanol–water partition coefficient (Wildman–Crippen LogP) is 3.49. The summed E-state index contributed by atoms with van der Waals surface area (Å²) in [5.74, 6) is -0.858. The van der Waals surface area contributed by atoms with Crippen molar-refractivity contribution in [3.63, 3.8) is 0 Å². The molecular weight excluding hydrogens is 451 g/mol. The third kappa shape index (κ3) is 5.75. The summed E-state index contributed by atoms with van der Waals surface area (Å²) >= 11 is 0. The average molecular weight is 477 g/mol. The number of primary amides is 1. The van der Waals surface area contributed by atoms with Crippen LogP contribution in [0.1, 0.15) is 26.3 Å². The van der Waals surface area contributed by atoms with Crippen LogP contribution in [0, 0.1) is 5.82 Å². The second-order valence-electron chi connectivity index (χ2n) is 8.04. The molecule has 0 saturated carbocycles. The molecule has 0 atom stereocenters. The number of urea groups is 1. The van der Waals surface area contributed by atoms with Crippen LogP contribution >= 0.6 is 0 Å². The molecule has 180 valence electrons. The lowest BCUT2D eigenvalue weighted by Gasteiger charge is -2.34. The number of carbonyl (C=O) groups excluding carboxylic acids is 3. The van der Waals surface area contributed by atoms with E-state index in [4.69, 9.17) is 10.5 Å². The van der Waals surface area contributed by atoms with E-state index in [9.17, 15) is 18.8 Å². The zero-order valence-electron chi connectivity index (χ0n) is 18.9. The van der Waals surface area contributed by atoms with Crippen molar-refractivity contribution in [3.8, 4) is 5.75 Å². The van der Waals surface area contributed by atoms with Gasteiger partial charge in [-0.15, -0.1) is 0 Å². The van der Waals surface area contributed by atoms with Gasteiger partial charge in [0.1, 0.15) is 18.2 Å². The van der Waals surface area contributed by atoms with Crippen molar-refractivity contribution in [3.05, 3.63) is 95.3 Å². The molecule has 1 fully saturated rings. The monoisotopic (exact) mass is 476 g/mol. The van der Waals surface area contributed by atoms with Crippen LogP contribution in [-0.2, 0) is 6.61 Å². The maximum atomic E-state index is 13.8. The van der Waals surface area contributed by atoms with Crippen LogP contribution in [0.2, 0.25) is 0 Å². The Morgan fingerprint density at radius 3 is 2.31 bits per heavy atom. The Morgan fingerprint density at radius 1 is 0.886 bits per heavy atom. The summed E-state index contributed by atoms with van der Waals surface area (Å²) in [7, 11) is 0. The molecule has 0 aliphatic carbocycles. The van der Waals surface area contributed by atoms with Gasteiger partial charge in [0.05, 0.1) is 11.3 Å². The Hall–Kier alpha value is -4.40. The van der Waals surface area contributed by atoms with Gasteiger partial charge in [-0.1, -0.05) is 36.4 Å². The first-order chi connectivity index (χ1) is 16.9. The second-order valence-corrected chi connectivity index (χ2v) is 8.04. The van der Waals surface area contributed by atoms with Gasteiger partial charge in [-0.3, -0.25) is 9.59 Å². The number of nitrogens with zero attached hydrogens (tertiary/aromatic N) is 2. The molecule has 3 aromatic carbocycles. The van der Waals surface area contributed by atoms with Gasteiger partial charge in [0.15, 0.2) is 0 Å². The first-order valence-corrected chi connectivity index (χ1v) is 11.1. The lowest BCUT2D eigenvalue weighted by Crippen LogP contribution is -2.51. The number of anilines is 1. The number of piperazine rings is 1. The van der Waals surface area contributed by atoms with Crippen molar-refractivity contribution in [2.24, 2.45) is 5.73 Å². The molecule has 3 N–H and O–H groups in total.